The van der Waals surface area contributed by atoms with Crippen LogP contribution in [-0.2, 0) is 0 Å². The van der Waals surface area contributed by atoms with Crippen LogP contribution in [0.1, 0.15) is 32.1 Å². The minimum absolute atomic E-state index is 0.0391. The molecule has 0 rings (SSSR count). The van der Waals surface area contributed by atoms with Crippen molar-refractivity contribution in [3.05, 3.63) is 0 Å². The maximum Gasteiger partial charge on any atom is 0.438 e. The molecule has 23 heavy (non-hydrogen) atoms. The zero-order chi connectivity index (χ0) is 18.7. The van der Waals surface area contributed by atoms with Gasteiger partial charge >= 0.3 is 29.9 Å². The van der Waals surface area contributed by atoms with Gasteiger partial charge in [-0.2, -0.15) is 43.9 Å². The van der Waals surface area contributed by atoms with E-state index < -0.39 is 42.7 Å². The molecule has 0 bridgehead atoms. The van der Waals surface area contributed by atoms with E-state index in [-0.39, 0.29) is 25.9 Å². The van der Waals surface area contributed by atoms with Crippen molar-refractivity contribution in [2.24, 2.45) is 0 Å². The van der Waals surface area contributed by atoms with Crippen molar-refractivity contribution in [1.82, 2.24) is 0 Å². The van der Waals surface area contributed by atoms with Gasteiger partial charge in [0.15, 0.2) is 0 Å². The molecule has 0 fully saturated rings. The van der Waals surface area contributed by atoms with E-state index >= 15 is 0 Å². The highest BCUT2D eigenvalue weighted by molar-refractivity contribution is 5.10. The van der Waals surface area contributed by atoms with Gasteiger partial charge in [0.2, 0.25) is 0 Å². The predicted octanol–water partition coefficient (Wildman–Crippen LogP) is 5.03. The van der Waals surface area contributed by atoms with Crippen molar-refractivity contribution < 1.29 is 53.4 Å². The summed E-state index contributed by atoms with van der Waals surface area (Å²) in [5, 5.41) is 8.37. The Kier molecular flexibility index (Phi) is 6.73. The molecule has 1 nitrogen and oxygen atoms in total. The van der Waals surface area contributed by atoms with Crippen LogP contribution in [0.2, 0.25) is 0 Å². The maximum absolute atomic E-state index is 13.2. The second kappa shape index (κ2) is 6.98. The summed E-state index contributed by atoms with van der Waals surface area (Å²) in [6.45, 7) is -0.359. The van der Waals surface area contributed by atoms with Crippen LogP contribution in [0, 0.1) is 0 Å². The Bertz CT molecular complexity index is 357. The number of hydrogen-bond donors (Lipinski definition) is 1. The number of halogens is 11. The highest BCUT2D eigenvalue weighted by atomic mass is 19.4. The summed E-state index contributed by atoms with van der Waals surface area (Å²) in [6, 6.07) is 0. The number of rotatable bonds is 8. The van der Waals surface area contributed by atoms with E-state index in [4.69, 9.17) is 5.11 Å². The summed E-state index contributed by atoms with van der Waals surface area (Å²) < 4.78 is 139. The lowest BCUT2D eigenvalue weighted by molar-refractivity contribution is -0.427. The van der Waals surface area contributed by atoms with Gasteiger partial charge in [-0.25, -0.2) is 4.39 Å². The Balaban J connectivity index is 5.45. The largest absolute Gasteiger partial charge is 0.438 e. The van der Waals surface area contributed by atoms with Gasteiger partial charge in [0, 0.05) is 13.0 Å². The van der Waals surface area contributed by atoms with Crippen LogP contribution >= 0.6 is 0 Å². The number of hydrogen-bond acceptors (Lipinski definition) is 1. The van der Waals surface area contributed by atoms with Gasteiger partial charge in [0.25, 0.3) is 0 Å². The van der Waals surface area contributed by atoms with Crippen molar-refractivity contribution in [3.8, 4) is 0 Å². The molecule has 0 aromatic heterocycles. The van der Waals surface area contributed by atoms with Gasteiger partial charge in [-0.05, 0) is 12.8 Å². The van der Waals surface area contributed by atoms with Crippen LogP contribution in [0.15, 0.2) is 0 Å². The van der Waals surface area contributed by atoms with Gasteiger partial charge in [-0.1, -0.05) is 12.8 Å². The van der Waals surface area contributed by atoms with Crippen molar-refractivity contribution in [3.63, 3.8) is 0 Å². The van der Waals surface area contributed by atoms with Crippen LogP contribution in [0.4, 0.5) is 48.3 Å². The van der Waals surface area contributed by atoms with E-state index in [1.807, 2.05) is 0 Å². The topological polar surface area (TPSA) is 20.2 Å². The van der Waals surface area contributed by atoms with E-state index in [9.17, 15) is 48.3 Å². The molecule has 0 saturated carbocycles. The Morgan fingerprint density at radius 2 is 0.957 bits per heavy atom. The third-order valence-corrected chi connectivity index (χ3v) is 3.07. The molecule has 140 valence electrons. The lowest BCUT2D eigenvalue weighted by atomic mass is 9.88. The first-order valence-electron chi connectivity index (χ1n) is 6.25. The highest BCUT2D eigenvalue weighted by Crippen LogP contribution is 2.59. The van der Waals surface area contributed by atoms with Gasteiger partial charge < -0.3 is 5.11 Å². The SMILES string of the molecule is OCCCCCCC(F)(F)C(F)(F)C(F)(C(F)(F)F)C(F)(F)F. The van der Waals surface area contributed by atoms with Gasteiger partial charge in [0.05, 0.1) is 0 Å². The Morgan fingerprint density at radius 3 is 1.30 bits per heavy atom. The van der Waals surface area contributed by atoms with Crippen LogP contribution in [0.5, 0.6) is 0 Å². The van der Waals surface area contributed by atoms with Crippen LogP contribution in [0.25, 0.3) is 0 Å². The predicted molar refractivity (Wildman–Crippen MR) is 56.0 cm³/mol. The minimum Gasteiger partial charge on any atom is -0.396 e. The van der Waals surface area contributed by atoms with Crippen molar-refractivity contribution in [2.45, 2.75) is 62.0 Å². The van der Waals surface area contributed by atoms with E-state index in [1.165, 1.54) is 0 Å². The number of aliphatic hydroxyl groups is 1. The molecule has 0 aliphatic heterocycles. The quantitative estimate of drug-likeness (QED) is 0.469. The molecular formula is C11H13F11O. The third kappa shape index (κ3) is 4.18. The molecule has 12 heteroatoms. The molecule has 0 amide bonds. The smallest absolute Gasteiger partial charge is 0.396 e. The fourth-order valence-electron chi connectivity index (χ4n) is 1.74. The fourth-order valence-corrected chi connectivity index (χ4v) is 1.74. The normalized spacial score (nSPS) is 15.1. The Hall–Kier alpha value is -0.810. The monoisotopic (exact) mass is 370 g/mol. The van der Waals surface area contributed by atoms with Gasteiger partial charge in [0.1, 0.15) is 0 Å². The van der Waals surface area contributed by atoms with E-state index in [1.54, 1.807) is 0 Å². The van der Waals surface area contributed by atoms with Crippen molar-refractivity contribution >= 4 is 0 Å². The van der Waals surface area contributed by atoms with Crippen molar-refractivity contribution in [2.75, 3.05) is 6.61 Å². The lowest BCUT2D eigenvalue weighted by Crippen LogP contribution is -2.70. The van der Waals surface area contributed by atoms with E-state index in [2.05, 4.69) is 0 Å². The Labute approximate surface area is 123 Å². The molecule has 0 aromatic carbocycles. The average molecular weight is 370 g/mol. The standard InChI is InChI=1S/C11H13F11O/c12-7(13,5-3-1-2-4-6-23)9(15,16)8(14,10(17,18)19)11(20,21)22/h23H,1-6H2. The molecule has 0 atom stereocenters. The second-order valence-corrected chi connectivity index (χ2v) is 4.82. The number of aliphatic hydroxyl groups excluding tert-OH is 1. The molecule has 0 saturated heterocycles. The summed E-state index contributed by atoms with van der Waals surface area (Å²) in [6.07, 6.45) is -17.6. The zero-order valence-electron chi connectivity index (χ0n) is 11.3. The van der Waals surface area contributed by atoms with Crippen LogP contribution in [0.3, 0.4) is 0 Å². The number of alkyl halides is 11. The number of unbranched alkanes of at least 4 members (excludes halogenated alkanes) is 3. The lowest BCUT2D eigenvalue weighted by Gasteiger charge is -2.39. The maximum atomic E-state index is 13.2. The summed E-state index contributed by atoms with van der Waals surface area (Å²) in [5.41, 5.74) is -7.37. The zero-order valence-corrected chi connectivity index (χ0v) is 11.3. The molecule has 1 N–H and O–H groups in total. The first-order chi connectivity index (χ1) is 10.1. The van der Waals surface area contributed by atoms with E-state index in [0.717, 1.165) is 0 Å². The third-order valence-electron chi connectivity index (χ3n) is 3.07. The summed E-state index contributed by atoms with van der Waals surface area (Å²) in [4.78, 5) is 0. The molecule has 0 radical (unpaired) electrons. The summed E-state index contributed by atoms with van der Waals surface area (Å²) >= 11 is 0. The van der Waals surface area contributed by atoms with Crippen LogP contribution in [-0.4, -0.2) is 41.6 Å². The summed E-state index contributed by atoms with van der Waals surface area (Å²) in [5.74, 6) is -12.9. The Morgan fingerprint density at radius 1 is 0.565 bits per heavy atom. The van der Waals surface area contributed by atoms with Crippen molar-refractivity contribution in [1.29, 1.82) is 0 Å². The van der Waals surface area contributed by atoms with Gasteiger partial charge in [-0.3, -0.25) is 0 Å². The molecule has 0 unspecified atom stereocenters. The second-order valence-electron chi connectivity index (χ2n) is 4.82. The fraction of sp³-hybridized carbons (Fsp3) is 1.00. The molecule has 0 aliphatic rings. The molecular weight excluding hydrogens is 357 g/mol. The van der Waals surface area contributed by atoms with E-state index in [0.29, 0.717) is 0 Å². The summed E-state index contributed by atoms with van der Waals surface area (Å²) in [7, 11) is 0. The first-order valence-corrected chi connectivity index (χ1v) is 6.25. The highest BCUT2D eigenvalue weighted by Gasteiger charge is 2.89. The minimum atomic E-state index is -7.37. The molecule has 0 aromatic rings. The van der Waals surface area contributed by atoms with Gasteiger partial charge in [-0.15, -0.1) is 0 Å². The molecule has 0 heterocycles. The first kappa shape index (κ1) is 22.2. The van der Waals surface area contributed by atoms with Crippen LogP contribution < -0.4 is 0 Å². The molecule has 0 aliphatic carbocycles. The molecule has 0 spiro atoms. The average Bonchev–Trinajstić information content (AvgIpc) is 2.34.